The van der Waals surface area contributed by atoms with E-state index in [9.17, 15) is 9.59 Å². The predicted molar refractivity (Wildman–Crippen MR) is 92.4 cm³/mol. The third-order valence-electron chi connectivity index (χ3n) is 4.54. The van der Waals surface area contributed by atoms with Gasteiger partial charge in [-0.1, -0.05) is 24.3 Å². The minimum absolute atomic E-state index is 0.410. The van der Waals surface area contributed by atoms with Crippen LogP contribution >= 0.6 is 0 Å². The first-order valence-electron chi connectivity index (χ1n) is 7.86. The van der Waals surface area contributed by atoms with Crippen molar-refractivity contribution in [3.63, 3.8) is 0 Å². The Morgan fingerprint density at radius 3 is 2.46 bits per heavy atom. The molecule has 0 aliphatic heterocycles. The highest BCUT2D eigenvalue weighted by atomic mass is 16.3. The van der Waals surface area contributed by atoms with Crippen LogP contribution in [0.1, 0.15) is 31.8 Å². The molecule has 0 N–H and O–H groups in total. The zero-order valence-electron chi connectivity index (χ0n) is 13.8. The number of benzene rings is 2. The van der Waals surface area contributed by atoms with Crippen molar-refractivity contribution in [2.24, 2.45) is 0 Å². The zero-order chi connectivity index (χ0) is 17.0. The second kappa shape index (κ2) is 5.14. The van der Waals surface area contributed by atoms with Gasteiger partial charge in [0.2, 0.25) is 11.6 Å². The Morgan fingerprint density at radius 2 is 1.71 bits per heavy atom. The molecule has 0 spiro atoms. The van der Waals surface area contributed by atoms with Crippen molar-refractivity contribution < 1.29 is 14.0 Å². The smallest absolute Gasteiger partial charge is 0.237 e. The highest BCUT2D eigenvalue weighted by molar-refractivity contribution is 6.54. The van der Waals surface area contributed by atoms with E-state index in [1.807, 2.05) is 56.3 Å². The highest BCUT2D eigenvalue weighted by Crippen LogP contribution is 2.40. The molecule has 1 aromatic heterocycles. The molecule has 4 rings (SSSR count). The number of carbonyl (C=O) groups excluding carboxylic acids is 2. The molecule has 0 bridgehead atoms. The number of nitrogens with zero attached hydrogens (tertiary/aromatic N) is 1. The van der Waals surface area contributed by atoms with Gasteiger partial charge in [0.15, 0.2) is 0 Å². The molecular formula is C20H17NO3. The molecule has 1 heterocycles. The lowest BCUT2D eigenvalue weighted by Gasteiger charge is -2.18. The summed E-state index contributed by atoms with van der Waals surface area (Å²) in [5.74, 6) is -0.415. The van der Waals surface area contributed by atoms with Crippen LogP contribution in [0.3, 0.4) is 0 Å². The molecular weight excluding hydrogens is 302 g/mol. The van der Waals surface area contributed by atoms with Crippen LogP contribution in [0.15, 0.2) is 41.0 Å². The monoisotopic (exact) mass is 319 g/mol. The van der Waals surface area contributed by atoms with Crippen LogP contribution in [0.25, 0.3) is 22.1 Å². The van der Waals surface area contributed by atoms with E-state index in [2.05, 4.69) is 0 Å². The summed E-state index contributed by atoms with van der Waals surface area (Å²) >= 11 is 0. The van der Waals surface area contributed by atoms with Crippen LogP contribution in [-0.4, -0.2) is 30.6 Å². The van der Waals surface area contributed by atoms with Crippen molar-refractivity contribution >= 4 is 22.3 Å². The molecule has 0 amide bonds. The van der Waals surface area contributed by atoms with Crippen LogP contribution < -0.4 is 0 Å². The summed E-state index contributed by atoms with van der Waals surface area (Å²) in [4.78, 5) is 27.5. The number of ketones is 2. The molecule has 4 heteroatoms. The number of hydrogen-bond donors (Lipinski definition) is 0. The van der Waals surface area contributed by atoms with E-state index < -0.39 is 11.6 Å². The minimum Gasteiger partial charge on any atom is -0.463 e. The number of furan rings is 1. The molecule has 2 aromatic carbocycles. The maximum absolute atomic E-state index is 12.8. The fourth-order valence-electron chi connectivity index (χ4n) is 3.47. The minimum atomic E-state index is -0.475. The Hall–Kier alpha value is -2.72. The third-order valence-corrected chi connectivity index (χ3v) is 4.54. The van der Waals surface area contributed by atoms with Gasteiger partial charge in [-0.25, -0.2) is 0 Å². The van der Waals surface area contributed by atoms with Gasteiger partial charge >= 0.3 is 0 Å². The number of fused-ring (bicyclic) bond motifs is 5. The summed E-state index contributed by atoms with van der Waals surface area (Å²) in [5, 5.41) is 1.79. The van der Waals surface area contributed by atoms with Gasteiger partial charge in [0.1, 0.15) is 5.76 Å². The average Bonchev–Trinajstić information content (AvgIpc) is 2.95. The highest BCUT2D eigenvalue weighted by Gasteiger charge is 2.36. The summed E-state index contributed by atoms with van der Waals surface area (Å²) in [7, 11) is 3.83. The molecule has 0 atom stereocenters. The summed E-state index contributed by atoms with van der Waals surface area (Å²) < 4.78 is 5.71. The van der Waals surface area contributed by atoms with Gasteiger partial charge in [-0.15, -0.1) is 0 Å². The van der Waals surface area contributed by atoms with Crippen molar-refractivity contribution in [3.8, 4) is 11.3 Å². The number of aryl methyl sites for hydroxylation is 1. The quantitative estimate of drug-likeness (QED) is 0.673. The fourth-order valence-corrected chi connectivity index (χ4v) is 3.47. The Balaban J connectivity index is 2.04. The number of rotatable bonds is 2. The van der Waals surface area contributed by atoms with Crippen LogP contribution in [0.2, 0.25) is 0 Å². The predicted octanol–water partition coefficient (Wildman–Crippen LogP) is 3.85. The molecule has 120 valence electrons. The van der Waals surface area contributed by atoms with Gasteiger partial charge in [0.05, 0.1) is 11.8 Å². The van der Waals surface area contributed by atoms with Crippen molar-refractivity contribution in [3.05, 3.63) is 58.8 Å². The lowest BCUT2D eigenvalue weighted by Crippen LogP contribution is -2.23. The largest absolute Gasteiger partial charge is 0.463 e. The SMILES string of the molecule is Cc1cccc2c3c(ccc12)-c1occ(CN(C)C)c1C(=O)C3=O. The summed E-state index contributed by atoms with van der Waals surface area (Å²) in [5.41, 5.74) is 3.41. The van der Waals surface area contributed by atoms with Gasteiger partial charge in [0, 0.05) is 23.2 Å². The number of hydrogen-bond acceptors (Lipinski definition) is 4. The Kier molecular flexibility index (Phi) is 3.18. The maximum Gasteiger partial charge on any atom is 0.237 e. The molecule has 1 aliphatic rings. The van der Waals surface area contributed by atoms with E-state index in [-0.39, 0.29) is 0 Å². The first-order valence-corrected chi connectivity index (χ1v) is 7.86. The Bertz CT molecular complexity index is 1010. The van der Waals surface area contributed by atoms with Crippen LogP contribution in [0, 0.1) is 6.92 Å². The summed E-state index contributed by atoms with van der Waals surface area (Å²) in [6.45, 7) is 2.55. The Labute approximate surface area is 139 Å². The van der Waals surface area contributed by atoms with E-state index >= 15 is 0 Å². The van der Waals surface area contributed by atoms with Crippen LogP contribution in [0.4, 0.5) is 0 Å². The van der Waals surface area contributed by atoms with Gasteiger partial charge < -0.3 is 9.32 Å². The second-order valence-corrected chi connectivity index (χ2v) is 6.52. The van der Waals surface area contributed by atoms with Gasteiger partial charge in [0.25, 0.3) is 0 Å². The molecule has 0 unspecified atom stereocenters. The van der Waals surface area contributed by atoms with Crippen molar-refractivity contribution in [1.82, 2.24) is 4.90 Å². The topological polar surface area (TPSA) is 50.5 Å². The maximum atomic E-state index is 12.8. The average molecular weight is 319 g/mol. The van der Waals surface area contributed by atoms with Gasteiger partial charge in [-0.2, -0.15) is 0 Å². The lowest BCUT2D eigenvalue weighted by atomic mass is 9.83. The molecule has 0 saturated heterocycles. The van der Waals surface area contributed by atoms with Gasteiger partial charge in [-0.3, -0.25) is 9.59 Å². The van der Waals surface area contributed by atoms with E-state index in [1.54, 1.807) is 6.26 Å². The first kappa shape index (κ1) is 14.8. The molecule has 0 radical (unpaired) electrons. The first-order chi connectivity index (χ1) is 11.5. The van der Waals surface area contributed by atoms with Crippen molar-refractivity contribution in [2.75, 3.05) is 14.1 Å². The van der Waals surface area contributed by atoms with Crippen LogP contribution in [0.5, 0.6) is 0 Å². The van der Waals surface area contributed by atoms with E-state index in [4.69, 9.17) is 4.42 Å². The van der Waals surface area contributed by atoms with E-state index in [0.29, 0.717) is 29.0 Å². The normalized spacial score (nSPS) is 13.5. The van der Waals surface area contributed by atoms with Gasteiger partial charge in [-0.05, 0) is 43.4 Å². The Morgan fingerprint density at radius 1 is 0.958 bits per heavy atom. The molecule has 24 heavy (non-hydrogen) atoms. The zero-order valence-corrected chi connectivity index (χ0v) is 13.8. The summed E-state index contributed by atoms with van der Waals surface area (Å²) in [6.07, 6.45) is 1.59. The van der Waals surface area contributed by atoms with E-state index in [0.717, 1.165) is 21.9 Å². The fraction of sp³-hybridized carbons (Fsp3) is 0.200. The summed E-state index contributed by atoms with van der Waals surface area (Å²) in [6, 6.07) is 9.67. The molecule has 1 aliphatic carbocycles. The molecule has 0 fully saturated rings. The van der Waals surface area contributed by atoms with Crippen molar-refractivity contribution in [2.45, 2.75) is 13.5 Å². The number of Topliss-reactive ketones (excluding diaryl/α,β-unsaturated/α-hetero) is 2. The molecule has 3 aromatic rings. The lowest BCUT2D eigenvalue weighted by molar-refractivity contribution is 0.0814. The second-order valence-electron chi connectivity index (χ2n) is 6.52. The molecule has 0 saturated carbocycles. The molecule has 4 nitrogen and oxygen atoms in total. The van der Waals surface area contributed by atoms with E-state index in [1.165, 1.54) is 0 Å². The van der Waals surface area contributed by atoms with Crippen molar-refractivity contribution in [1.29, 1.82) is 0 Å². The third kappa shape index (κ3) is 1.96. The standard InChI is InChI=1S/C20H17NO3/c1-11-5-4-6-14-13(11)7-8-15-17(14)19(23)18(22)16-12(9-21(2)3)10-24-20(15)16/h4-8,10H,9H2,1-3H3. The number of carbonyl (C=O) groups is 2. The van der Waals surface area contributed by atoms with Crippen LogP contribution in [-0.2, 0) is 6.54 Å².